The van der Waals surface area contributed by atoms with Crippen molar-refractivity contribution in [2.24, 2.45) is 5.92 Å². The first kappa shape index (κ1) is 19.1. The van der Waals surface area contributed by atoms with Crippen LogP contribution >= 0.6 is 0 Å². The average Bonchev–Trinajstić information content (AvgIpc) is 3.07. The van der Waals surface area contributed by atoms with Crippen LogP contribution in [0.25, 0.3) is 5.69 Å². The van der Waals surface area contributed by atoms with Crippen molar-refractivity contribution in [2.75, 3.05) is 13.1 Å². The Kier molecular flexibility index (Phi) is 6.05. The van der Waals surface area contributed by atoms with Gasteiger partial charge in [0, 0.05) is 25.4 Å². The summed E-state index contributed by atoms with van der Waals surface area (Å²) in [6.45, 7) is 4.31. The van der Waals surface area contributed by atoms with Crippen LogP contribution in [-0.4, -0.2) is 49.7 Å². The maximum Gasteiger partial charge on any atom is 0.305 e. The second-order valence-electron chi connectivity index (χ2n) is 6.18. The van der Waals surface area contributed by atoms with Gasteiger partial charge in [-0.05, 0) is 18.1 Å². The summed E-state index contributed by atoms with van der Waals surface area (Å²) in [5.41, 5.74) is 0.228. The molecule has 0 fully saturated rings. The SMILES string of the molecule is CC(C)CN(CCC(=O)O)C(=O)c1ccn(-c2ccccc2[N+](=O)[O-])n1. The van der Waals surface area contributed by atoms with Gasteiger partial charge in [0.2, 0.25) is 0 Å². The summed E-state index contributed by atoms with van der Waals surface area (Å²) in [5, 5.41) is 24.2. The molecule has 0 atom stereocenters. The second kappa shape index (κ2) is 8.24. The van der Waals surface area contributed by atoms with Gasteiger partial charge in [0.1, 0.15) is 5.69 Å². The van der Waals surface area contributed by atoms with E-state index < -0.39 is 16.8 Å². The van der Waals surface area contributed by atoms with Crippen LogP contribution in [-0.2, 0) is 4.79 Å². The zero-order valence-corrected chi connectivity index (χ0v) is 14.5. The minimum absolute atomic E-state index is 0.0741. The number of nitrogens with zero attached hydrogens (tertiary/aromatic N) is 4. The summed E-state index contributed by atoms with van der Waals surface area (Å²) < 4.78 is 1.27. The van der Waals surface area contributed by atoms with Crippen molar-refractivity contribution >= 4 is 17.6 Å². The number of benzene rings is 1. The van der Waals surface area contributed by atoms with Crippen LogP contribution < -0.4 is 0 Å². The molecule has 138 valence electrons. The summed E-state index contributed by atoms with van der Waals surface area (Å²) in [5.74, 6) is -1.24. The van der Waals surface area contributed by atoms with Crippen LogP contribution in [0.15, 0.2) is 36.5 Å². The third kappa shape index (κ3) is 4.65. The number of carbonyl (C=O) groups excluding carboxylic acids is 1. The first-order valence-electron chi connectivity index (χ1n) is 8.10. The van der Waals surface area contributed by atoms with E-state index in [-0.39, 0.29) is 36.0 Å². The van der Waals surface area contributed by atoms with Crippen LogP contribution in [0.5, 0.6) is 0 Å². The quantitative estimate of drug-likeness (QED) is 0.570. The number of carbonyl (C=O) groups is 2. The summed E-state index contributed by atoms with van der Waals surface area (Å²) in [6, 6.07) is 7.55. The van der Waals surface area contributed by atoms with Gasteiger partial charge < -0.3 is 10.0 Å². The van der Waals surface area contributed by atoms with Crippen molar-refractivity contribution in [1.82, 2.24) is 14.7 Å². The van der Waals surface area contributed by atoms with Gasteiger partial charge in [0.25, 0.3) is 11.6 Å². The Morgan fingerprint density at radius 1 is 1.31 bits per heavy atom. The number of hydrogen-bond donors (Lipinski definition) is 1. The Bertz CT molecular complexity index is 815. The molecule has 1 N–H and O–H groups in total. The van der Waals surface area contributed by atoms with Gasteiger partial charge in [-0.1, -0.05) is 26.0 Å². The van der Waals surface area contributed by atoms with Crippen LogP contribution in [0.3, 0.4) is 0 Å². The number of aromatic nitrogens is 2. The summed E-state index contributed by atoms with van der Waals surface area (Å²) >= 11 is 0. The van der Waals surface area contributed by atoms with Gasteiger partial charge in [-0.25, -0.2) is 4.68 Å². The Morgan fingerprint density at radius 3 is 2.62 bits per heavy atom. The number of aliphatic carboxylic acids is 1. The minimum Gasteiger partial charge on any atom is -0.481 e. The Labute approximate surface area is 150 Å². The number of para-hydroxylation sites is 2. The van der Waals surface area contributed by atoms with E-state index in [1.54, 1.807) is 12.1 Å². The van der Waals surface area contributed by atoms with Crippen molar-refractivity contribution < 1.29 is 19.6 Å². The molecule has 1 amide bonds. The van der Waals surface area contributed by atoms with E-state index in [2.05, 4.69) is 5.10 Å². The van der Waals surface area contributed by atoms with E-state index in [0.717, 1.165) is 0 Å². The van der Waals surface area contributed by atoms with Gasteiger partial charge in [-0.15, -0.1) is 0 Å². The fourth-order valence-corrected chi connectivity index (χ4v) is 2.49. The highest BCUT2D eigenvalue weighted by molar-refractivity contribution is 5.92. The summed E-state index contributed by atoms with van der Waals surface area (Å²) in [6.07, 6.45) is 1.31. The van der Waals surface area contributed by atoms with Gasteiger partial charge in [-0.2, -0.15) is 5.10 Å². The summed E-state index contributed by atoms with van der Waals surface area (Å²) in [4.78, 5) is 35.6. The molecular weight excluding hydrogens is 340 g/mol. The number of nitro benzene ring substituents is 1. The highest BCUT2D eigenvalue weighted by Crippen LogP contribution is 2.21. The van der Waals surface area contributed by atoms with Crippen molar-refractivity contribution in [3.63, 3.8) is 0 Å². The molecule has 9 nitrogen and oxygen atoms in total. The Hall–Kier alpha value is -3.23. The first-order valence-corrected chi connectivity index (χ1v) is 8.10. The minimum atomic E-state index is -0.989. The Morgan fingerprint density at radius 2 is 2.00 bits per heavy atom. The maximum absolute atomic E-state index is 12.7. The molecule has 1 aromatic heterocycles. The third-order valence-electron chi connectivity index (χ3n) is 3.60. The van der Waals surface area contributed by atoms with Gasteiger partial charge in [-0.3, -0.25) is 19.7 Å². The molecule has 0 radical (unpaired) electrons. The molecule has 0 aliphatic heterocycles. The number of nitro groups is 1. The highest BCUT2D eigenvalue weighted by atomic mass is 16.6. The van der Waals surface area contributed by atoms with E-state index in [1.165, 1.54) is 34.0 Å². The van der Waals surface area contributed by atoms with Crippen molar-refractivity contribution in [1.29, 1.82) is 0 Å². The molecule has 0 spiro atoms. The summed E-state index contributed by atoms with van der Waals surface area (Å²) in [7, 11) is 0. The van der Waals surface area contributed by atoms with Crippen LogP contribution in [0.1, 0.15) is 30.8 Å². The number of carboxylic acids is 1. The molecule has 9 heteroatoms. The molecule has 0 bridgehead atoms. The lowest BCUT2D eigenvalue weighted by Crippen LogP contribution is -2.36. The lowest BCUT2D eigenvalue weighted by molar-refractivity contribution is -0.384. The number of rotatable bonds is 8. The second-order valence-corrected chi connectivity index (χ2v) is 6.18. The van der Waals surface area contributed by atoms with E-state index in [4.69, 9.17) is 5.11 Å². The van der Waals surface area contributed by atoms with Crippen LogP contribution in [0, 0.1) is 16.0 Å². The smallest absolute Gasteiger partial charge is 0.305 e. The van der Waals surface area contributed by atoms with Crippen LogP contribution in [0.2, 0.25) is 0 Å². The highest BCUT2D eigenvalue weighted by Gasteiger charge is 2.22. The van der Waals surface area contributed by atoms with Crippen molar-refractivity contribution in [3.8, 4) is 5.69 Å². The standard InChI is InChI=1S/C17H20N4O5/c1-12(2)11-19(9-8-16(22)23)17(24)13-7-10-20(18-13)14-5-3-4-6-15(14)21(25)26/h3-7,10,12H,8-9,11H2,1-2H3,(H,22,23). The molecule has 2 aromatic rings. The van der Waals surface area contributed by atoms with E-state index in [1.807, 2.05) is 13.8 Å². The molecule has 0 aliphatic rings. The Balaban J connectivity index is 2.28. The maximum atomic E-state index is 12.7. The normalized spacial score (nSPS) is 10.7. The van der Waals surface area contributed by atoms with Crippen molar-refractivity contribution in [2.45, 2.75) is 20.3 Å². The van der Waals surface area contributed by atoms with Crippen molar-refractivity contribution in [3.05, 3.63) is 52.3 Å². The molecule has 0 aliphatic carbocycles. The first-order chi connectivity index (χ1) is 12.3. The lowest BCUT2D eigenvalue weighted by atomic mass is 10.2. The zero-order chi connectivity index (χ0) is 19.3. The van der Waals surface area contributed by atoms with E-state index in [9.17, 15) is 19.7 Å². The molecule has 1 aromatic carbocycles. The van der Waals surface area contributed by atoms with Gasteiger partial charge >= 0.3 is 5.97 Å². The van der Waals surface area contributed by atoms with Crippen LogP contribution in [0.4, 0.5) is 5.69 Å². The molecule has 0 saturated heterocycles. The number of amides is 1. The molecule has 26 heavy (non-hydrogen) atoms. The van der Waals surface area contributed by atoms with Gasteiger partial charge in [0.15, 0.2) is 5.69 Å². The van der Waals surface area contributed by atoms with E-state index in [0.29, 0.717) is 6.54 Å². The molecular formula is C17H20N4O5. The fraction of sp³-hybridized carbons (Fsp3) is 0.353. The molecule has 1 heterocycles. The third-order valence-corrected chi connectivity index (χ3v) is 3.60. The number of hydrogen-bond acceptors (Lipinski definition) is 5. The fourth-order valence-electron chi connectivity index (χ4n) is 2.49. The van der Waals surface area contributed by atoms with Gasteiger partial charge in [0.05, 0.1) is 11.3 Å². The molecule has 2 rings (SSSR count). The largest absolute Gasteiger partial charge is 0.481 e. The zero-order valence-electron chi connectivity index (χ0n) is 14.5. The number of carboxylic acid groups (broad SMARTS) is 1. The molecule has 0 unspecified atom stereocenters. The topological polar surface area (TPSA) is 119 Å². The predicted octanol–water partition coefficient (Wildman–Crippen LogP) is 2.35. The average molecular weight is 360 g/mol. The molecule has 0 saturated carbocycles. The predicted molar refractivity (Wildman–Crippen MR) is 93.2 cm³/mol. The monoisotopic (exact) mass is 360 g/mol. The van der Waals surface area contributed by atoms with E-state index >= 15 is 0 Å². The lowest BCUT2D eigenvalue weighted by Gasteiger charge is -2.23.